The van der Waals surface area contributed by atoms with Crippen LogP contribution in [0.2, 0.25) is 0 Å². The van der Waals surface area contributed by atoms with Gasteiger partial charge in [-0.1, -0.05) is 19.8 Å². The molecular formula is C9H15N2O. The zero-order chi connectivity index (χ0) is 8.97. The molecule has 1 radical (unpaired) electrons. The summed E-state index contributed by atoms with van der Waals surface area (Å²) in [4.78, 5) is 11.1. The van der Waals surface area contributed by atoms with Crippen molar-refractivity contribution in [2.45, 2.75) is 39.7 Å². The summed E-state index contributed by atoms with van der Waals surface area (Å²) >= 11 is 0. The van der Waals surface area contributed by atoms with Crippen LogP contribution in [0.15, 0.2) is 4.79 Å². The first-order chi connectivity index (χ1) is 5.74. The van der Waals surface area contributed by atoms with Crippen LogP contribution in [0.1, 0.15) is 31.9 Å². The smallest absolute Gasteiger partial charge is 0.274 e. The fraction of sp³-hybridized carbons (Fsp3) is 0.667. The standard InChI is InChI=1S/C9H15N2O/c1-3-4-5-6-11-9(12)7-8(2)10-11/h10H,3-6H2,1-2H3. The SMILES string of the molecule is CCCCCn1[nH]c(C)[c]c1=O. The van der Waals surface area contributed by atoms with Crippen molar-refractivity contribution in [3.8, 4) is 0 Å². The van der Waals surface area contributed by atoms with Crippen LogP contribution in [0.25, 0.3) is 0 Å². The van der Waals surface area contributed by atoms with E-state index in [1.807, 2.05) is 6.92 Å². The van der Waals surface area contributed by atoms with E-state index in [9.17, 15) is 4.79 Å². The zero-order valence-corrected chi connectivity index (χ0v) is 7.68. The molecule has 0 fully saturated rings. The number of hydrogen-bond donors (Lipinski definition) is 1. The van der Waals surface area contributed by atoms with Crippen molar-refractivity contribution >= 4 is 0 Å². The van der Waals surface area contributed by atoms with E-state index in [2.05, 4.69) is 18.1 Å². The fourth-order valence-corrected chi connectivity index (χ4v) is 1.19. The molecule has 12 heavy (non-hydrogen) atoms. The quantitative estimate of drug-likeness (QED) is 0.677. The molecule has 0 saturated carbocycles. The molecule has 0 aliphatic rings. The van der Waals surface area contributed by atoms with E-state index in [1.165, 1.54) is 12.8 Å². The first-order valence-corrected chi connectivity index (χ1v) is 4.42. The van der Waals surface area contributed by atoms with E-state index in [-0.39, 0.29) is 5.56 Å². The van der Waals surface area contributed by atoms with Gasteiger partial charge >= 0.3 is 0 Å². The minimum atomic E-state index is -0.0383. The van der Waals surface area contributed by atoms with Crippen LogP contribution in [0.5, 0.6) is 0 Å². The lowest BCUT2D eigenvalue weighted by Gasteiger charge is -1.99. The maximum atomic E-state index is 11.1. The lowest BCUT2D eigenvalue weighted by Crippen LogP contribution is -2.15. The van der Waals surface area contributed by atoms with Crippen LogP contribution in [0.3, 0.4) is 0 Å². The number of rotatable bonds is 4. The Hall–Kier alpha value is -0.990. The van der Waals surface area contributed by atoms with Crippen LogP contribution < -0.4 is 5.56 Å². The number of nitrogens with one attached hydrogen (secondary N) is 1. The number of aromatic nitrogens is 2. The van der Waals surface area contributed by atoms with Gasteiger partial charge in [-0.2, -0.15) is 0 Å². The second kappa shape index (κ2) is 4.14. The molecule has 0 atom stereocenters. The minimum absolute atomic E-state index is 0.0383. The monoisotopic (exact) mass is 167 g/mol. The molecule has 0 amide bonds. The van der Waals surface area contributed by atoms with Crippen LogP contribution in [0, 0.1) is 13.0 Å². The topological polar surface area (TPSA) is 37.8 Å². The summed E-state index contributed by atoms with van der Waals surface area (Å²) < 4.78 is 1.62. The lowest BCUT2D eigenvalue weighted by molar-refractivity contribution is 0.538. The molecule has 1 aromatic rings. The van der Waals surface area contributed by atoms with Crippen molar-refractivity contribution in [2.75, 3.05) is 0 Å². The average Bonchev–Trinajstić information content (AvgIpc) is 2.31. The van der Waals surface area contributed by atoms with Crippen LogP contribution in [-0.4, -0.2) is 9.78 Å². The Kier molecular flexibility index (Phi) is 3.14. The fourth-order valence-electron chi connectivity index (χ4n) is 1.19. The molecule has 0 aliphatic heterocycles. The van der Waals surface area contributed by atoms with Gasteiger partial charge in [-0.25, -0.2) is 0 Å². The highest BCUT2D eigenvalue weighted by molar-refractivity contribution is 4.92. The molecule has 1 rings (SSSR count). The van der Waals surface area contributed by atoms with Gasteiger partial charge in [0.2, 0.25) is 0 Å². The van der Waals surface area contributed by atoms with Gasteiger partial charge < -0.3 is 0 Å². The first kappa shape index (κ1) is 9.10. The summed E-state index contributed by atoms with van der Waals surface area (Å²) in [6, 6.07) is 2.69. The molecule has 0 bridgehead atoms. The zero-order valence-electron chi connectivity index (χ0n) is 7.68. The van der Waals surface area contributed by atoms with Crippen molar-refractivity contribution < 1.29 is 0 Å². The predicted octanol–water partition coefficient (Wildman–Crippen LogP) is 1.48. The van der Waals surface area contributed by atoms with Gasteiger partial charge in [0.1, 0.15) is 0 Å². The molecule has 0 unspecified atom stereocenters. The van der Waals surface area contributed by atoms with Crippen molar-refractivity contribution in [3.63, 3.8) is 0 Å². The number of aromatic amines is 1. The Bertz CT molecular complexity index is 285. The van der Waals surface area contributed by atoms with Crippen LogP contribution in [0.4, 0.5) is 0 Å². The third-order valence-corrected chi connectivity index (χ3v) is 1.83. The molecular weight excluding hydrogens is 152 g/mol. The Morgan fingerprint density at radius 1 is 1.50 bits per heavy atom. The van der Waals surface area contributed by atoms with Gasteiger partial charge in [0, 0.05) is 12.2 Å². The van der Waals surface area contributed by atoms with E-state index in [0.29, 0.717) is 0 Å². The highest BCUT2D eigenvalue weighted by Crippen LogP contribution is 1.95. The Labute approximate surface area is 72.4 Å². The number of aryl methyl sites for hydroxylation is 2. The van der Waals surface area contributed by atoms with E-state index in [4.69, 9.17) is 0 Å². The largest absolute Gasteiger partial charge is 0.299 e. The van der Waals surface area contributed by atoms with Gasteiger partial charge in [0.05, 0.1) is 6.07 Å². The first-order valence-electron chi connectivity index (χ1n) is 4.42. The molecule has 3 nitrogen and oxygen atoms in total. The summed E-state index contributed by atoms with van der Waals surface area (Å²) in [6.45, 7) is 4.78. The highest BCUT2D eigenvalue weighted by atomic mass is 16.1. The van der Waals surface area contributed by atoms with Crippen LogP contribution >= 0.6 is 0 Å². The molecule has 0 aliphatic carbocycles. The maximum absolute atomic E-state index is 11.1. The number of nitrogens with zero attached hydrogens (tertiary/aromatic N) is 1. The normalized spacial score (nSPS) is 10.5. The van der Waals surface area contributed by atoms with Gasteiger partial charge in [-0.05, 0) is 13.3 Å². The number of H-pyrrole nitrogens is 1. The number of unbranched alkanes of at least 4 members (excludes halogenated alkanes) is 2. The predicted molar refractivity (Wildman–Crippen MR) is 48.2 cm³/mol. The van der Waals surface area contributed by atoms with Gasteiger partial charge in [-0.15, -0.1) is 0 Å². The second-order valence-corrected chi connectivity index (χ2v) is 3.03. The molecule has 3 heteroatoms. The van der Waals surface area contributed by atoms with E-state index in [0.717, 1.165) is 18.7 Å². The summed E-state index contributed by atoms with van der Waals surface area (Å²) in [5.74, 6) is 0. The Morgan fingerprint density at radius 2 is 2.25 bits per heavy atom. The minimum Gasteiger partial charge on any atom is -0.299 e. The molecule has 0 saturated heterocycles. The van der Waals surface area contributed by atoms with Crippen LogP contribution in [-0.2, 0) is 6.54 Å². The van der Waals surface area contributed by atoms with Gasteiger partial charge in [0.15, 0.2) is 0 Å². The molecule has 0 spiro atoms. The molecule has 67 valence electrons. The molecule has 0 aromatic carbocycles. The van der Waals surface area contributed by atoms with Crippen molar-refractivity contribution in [1.82, 2.24) is 9.78 Å². The Balaban J connectivity index is 2.51. The summed E-state index contributed by atoms with van der Waals surface area (Å²) in [6.07, 6.45) is 3.41. The van der Waals surface area contributed by atoms with E-state index >= 15 is 0 Å². The van der Waals surface area contributed by atoms with Gasteiger partial charge in [-0.3, -0.25) is 14.6 Å². The lowest BCUT2D eigenvalue weighted by atomic mass is 10.2. The molecule has 1 aromatic heterocycles. The third-order valence-electron chi connectivity index (χ3n) is 1.83. The van der Waals surface area contributed by atoms with Gasteiger partial charge in [0.25, 0.3) is 5.56 Å². The van der Waals surface area contributed by atoms with Crippen molar-refractivity contribution in [2.24, 2.45) is 0 Å². The molecule has 1 N–H and O–H groups in total. The van der Waals surface area contributed by atoms with Crippen molar-refractivity contribution in [3.05, 3.63) is 22.1 Å². The van der Waals surface area contributed by atoms with E-state index < -0.39 is 0 Å². The number of hydrogen-bond acceptors (Lipinski definition) is 1. The second-order valence-electron chi connectivity index (χ2n) is 3.03. The average molecular weight is 167 g/mol. The third kappa shape index (κ3) is 2.26. The van der Waals surface area contributed by atoms with E-state index in [1.54, 1.807) is 4.68 Å². The summed E-state index contributed by atoms with van der Waals surface area (Å²) in [7, 11) is 0. The summed E-state index contributed by atoms with van der Waals surface area (Å²) in [5, 5.41) is 2.95. The summed E-state index contributed by atoms with van der Waals surface area (Å²) in [5.41, 5.74) is 0.778. The maximum Gasteiger partial charge on any atom is 0.274 e. The Morgan fingerprint density at radius 3 is 2.75 bits per heavy atom. The highest BCUT2D eigenvalue weighted by Gasteiger charge is 1.98. The van der Waals surface area contributed by atoms with Crippen molar-refractivity contribution in [1.29, 1.82) is 0 Å². The molecule has 1 heterocycles.